The molecule has 17 heavy (non-hydrogen) atoms. The third-order valence-electron chi connectivity index (χ3n) is 1.96. The van der Waals surface area contributed by atoms with Crippen molar-refractivity contribution in [3.05, 3.63) is 28.7 Å². The Labute approximate surface area is 108 Å². The Balaban J connectivity index is 2.90. The second-order valence-corrected chi connectivity index (χ2v) is 6.09. The molecule has 0 amide bonds. The first-order chi connectivity index (χ1) is 7.83. The molecule has 0 saturated carbocycles. The van der Waals surface area contributed by atoms with E-state index in [1.165, 1.54) is 13.0 Å². The Kier molecular flexibility index (Phi) is 4.67. The average molecular weight is 322 g/mol. The molecule has 0 aliphatic rings. The summed E-state index contributed by atoms with van der Waals surface area (Å²) in [5, 5.41) is 8.56. The van der Waals surface area contributed by atoms with Gasteiger partial charge in [-0.1, -0.05) is 12.1 Å². The highest BCUT2D eigenvalue weighted by Gasteiger charge is 2.20. The Morgan fingerprint density at radius 3 is 2.59 bits per heavy atom. The van der Waals surface area contributed by atoms with Crippen LogP contribution in [0, 0.1) is 0 Å². The summed E-state index contributed by atoms with van der Waals surface area (Å²) in [6, 6.07) is 5.69. The van der Waals surface area contributed by atoms with E-state index >= 15 is 0 Å². The zero-order chi connectivity index (χ0) is 13.1. The highest BCUT2D eigenvalue weighted by molar-refractivity contribution is 9.10. The van der Waals surface area contributed by atoms with Gasteiger partial charge in [-0.15, -0.1) is 0 Å². The lowest BCUT2D eigenvalue weighted by atomic mass is 10.3. The van der Waals surface area contributed by atoms with Crippen LogP contribution in [0.15, 0.2) is 33.6 Å². The van der Waals surface area contributed by atoms with E-state index in [9.17, 15) is 13.2 Å². The molecule has 0 radical (unpaired) electrons. The number of aliphatic carboxylic acids is 1. The first-order valence-electron chi connectivity index (χ1n) is 4.81. The van der Waals surface area contributed by atoms with E-state index in [0.717, 1.165) is 0 Å². The predicted molar refractivity (Wildman–Crippen MR) is 66.2 cm³/mol. The van der Waals surface area contributed by atoms with Gasteiger partial charge in [-0.25, -0.2) is 13.1 Å². The predicted octanol–water partition coefficient (Wildman–Crippen LogP) is 1.59. The van der Waals surface area contributed by atoms with Crippen LogP contribution in [0.3, 0.4) is 0 Å². The lowest BCUT2D eigenvalue weighted by Crippen LogP contribution is -2.34. The van der Waals surface area contributed by atoms with Gasteiger partial charge in [0.1, 0.15) is 0 Å². The van der Waals surface area contributed by atoms with Gasteiger partial charge in [-0.05, 0) is 35.0 Å². The smallest absolute Gasteiger partial charge is 0.304 e. The number of hydrogen-bond acceptors (Lipinski definition) is 3. The summed E-state index contributed by atoms with van der Waals surface area (Å²) in [6.07, 6.45) is -0.260. The van der Waals surface area contributed by atoms with Gasteiger partial charge in [0.25, 0.3) is 0 Å². The number of hydrogen-bond donors (Lipinski definition) is 2. The Hall–Kier alpha value is -0.920. The van der Waals surface area contributed by atoms with Crippen LogP contribution in [0.25, 0.3) is 0 Å². The van der Waals surface area contributed by atoms with E-state index in [0.29, 0.717) is 4.47 Å². The van der Waals surface area contributed by atoms with E-state index in [1.54, 1.807) is 18.2 Å². The van der Waals surface area contributed by atoms with Gasteiger partial charge in [0.05, 0.1) is 11.3 Å². The second-order valence-electron chi connectivity index (χ2n) is 3.55. The molecule has 1 rings (SSSR count). The van der Waals surface area contributed by atoms with Crippen molar-refractivity contribution in [3.8, 4) is 0 Å². The molecule has 0 heterocycles. The molecule has 1 aromatic rings. The first-order valence-corrected chi connectivity index (χ1v) is 7.09. The van der Waals surface area contributed by atoms with Crippen molar-refractivity contribution in [3.63, 3.8) is 0 Å². The number of carboxylic acid groups (broad SMARTS) is 1. The van der Waals surface area contributed by atoms with Crippen LogP contribution < -0.4 is 4.72 Å². The fourth-order valence-corrected chi connectivity index (χ4v) is 3.54. The maximum absolute atomic E-state index is 11.9. The van der Waals surface area contributed by atoms with E-state index in [4.69, 9.17) is 5.11 Å². The largest absolute Gasteiger partial charge is 0.481 e. The highest BCUT2D eigenvalue weighted by atomic mass is 79.9. The molecule has 0 fully saturated rings. The Morgan fingerprint density at radius 2 is 2.06 bits per heavy atom. The van der Waals surface area contributed by atoms with Crippen LogP contribution in [-0.2, 0) is 14.8 Å². The maximum atomic E-state index is 11.9. The van der Waals surface area contributed by atoms with Gasteiger partial charge in [0, 0.05) is 10.5 Å². The zero-order valence-electron chi connectivity index (χ0n) is 9.05. The normalized spacial score (nSPS) is 13.3. The van der Waals surface area contributed by atoms with Crippen LogP contribution in [0.4, 0.5) is 0 Å². The summed E-state index contributed by atoms with van der Waals surface area (Å²) in [6.45, 7) is 1.50. The summed E-state index contributed by atoms with van der Waals surface area (Å²) in [4.78, 5) is 10.5. The topological polar surface area (TPSA) is 83.5 Å². The Bertz CT molecular complexity index is 515. The van der Waals surface area contributed by atoms with Gasteiger partial charge in [0.15, 0.2) is 0 Å². The van der Waals surface area contributed by atoms with E-state index in [1.807, 2.05) is 0 Å². The van der Waals surface area contributed by atoms with Crippen molar-refractivity contribution in [1.82, 2.24) is 4.72 Å². The van der Waals surface area contributed by atoms with Gasteiger partial charge >= 0.3 is 5.97 Å². The summed E-state index contributed by atoms with van der Waals surface area (Å²) < 4.78 is 26.6. The lowest BCUT2D eigenvalue weighted by molar-refractivity contribution is -0.137. The summed E-state index contributed by atoms with van der Waals surface area (Å²) in [7, 11) is -3.70. The molecule has 0 aliphatic heterocycles. The maximum Gasteiger partial charge on any atom is 0.304 e. The summed E-state index contributed by atoms with van der Waals surface area (Å²) >= 11 is 3.14. The molecule has 0 aromatic heterocycles. The Morgan fingerprint density at radius 1 is 1.47 bits per heavy atom. The third kappa shape index (κ3) is 4.10. The molecule has 94 valence electrons. The van der Waals surface area contributed by atoms with Gasteiger partial charge in [0.2, 0.25) is 10.0 Å². The molecular weight excluding hydrogens is 310 g/mol. The van der Waals surface area contributed by atoms with Crippen LogP contribution >= 0.6 is 15.9 Å². The molecule has 0 aliphatic carbocycles. The second kappa shape index (κ2) is 5.61. The van der Waals surface area contributed by atoms with Crippen LogP contribution in [0.2, 0.25) is 0 Å². The minimum absolute atomic E-state index is 0.0947. The molecule has 1 atom stereocenters. The number of rotatable bonds is 5. The summed E-state index contributed by atoms with van der Waals surface area (Å²) in [5.41, 5.74) is 0. The molecule has 0 saturated heterocycles. The van der Waals surface area contributed by atoms with Crippen molar-refractivity contribution in [1.29, 1.82) is 0 Å². The fourth-order valence-electron chi connectivity index (χ4n) is 1.29. The van der Waals surface area contributed by atoms with Crippen molar-refractivity contribution < 1.29 is 18.3 Å². The average Bonchev–Trinajstić information content (AvgIpc) is 2.15. The number of nitrogens with one attached hydrogen (secondary N) is 1. The number of halogens is 1. The number of sulfonamides is 1. The molecule has 5 nitrogen and oxygen atoms in total. The first kappa shape index (κ1) is 14.1. The molecule has 2 N–H and O–H groups in total. The standard InChI is InChI=1S/C10H12BrNO4S/c1-7(6-10(13)14)12-17(15,16)9-5-3-2-4-8(9)11/h2-5,7,12H,6H2,1H3,(H,13,14). The van der Waals surface area contributed by atoms with Crippen molar-refractivity contribution in [2.24, 2.45) is 0 Å². The number of benzene rings is 1. The van der Waals surface area contributed by atoms with Crippen LogP contribution in [0.1, 0.15) is 13.3 Å². The SMILES string of the molecule is CC(CC(=O)O)NS(=O)(=O)c1ccccc1Br. The van der Waals surface area contributed by atoms with Crippen molar-refractivity contribution >= 4 is 31.9 Å². The zero-order valence-corrected chi connectivity index (χ0v) is 11.5. The third-order valence-corrected chi connectivity index (χ3v) is 4.56. The van der Waals surface area contributed by atoms with Gasteiger partial charge in [-0.3, -0.25) is 4.79 Å². The van der Waals surface area contributed by atoms with Gasteiger partial charge < -0.3 is 5.11 Å². The molecule has 0 spiro atoms. The number of carboxylic acids is 1. The molecule has 0 bridgehead atoms. The quantitative estimate of drug-likeness (QED) is 0.862. The summed E-state index contributed by atoms with van der Waals surface area (Å²) in [5.74, 6) is -1.05. The molecular formula is C10H12BrNO4S. The highest BCUT2D eigenvalue weighted by Crippen LogP contribution is 2.21. The minimum Gasteiger partial charge on any atom is -0.481 e. The van der Waals surface area contributed by atoms with E-state index in [2.05, 4.69) is 20.7 Å². The van der Waals surface area contributed by atoms with Gasteiger partial charge in [-0.2, -0.15) is 0 Å². The van der Waals surface area contributed by atoms with E-state index in [-0.39, 0.29) is 11.3 Å². The van der Waals surface area contributed by atoms with Crippen LogP contribution in [0.5, 0.6) is 0 Å². The lowest BCUT2D eigenvalue weighted by Gasteiger charge is -2.13. The number of carbonyl (C=O) groups is 1. The van der Waals surface area contributed by atoms with Crippen LogP contribution in [-0.4, -0.2) is 25.5 Å². The molecule has 7 heteroatoms. The monoisotopic (exact) mass is 321 g/mol. The van der Waals surface area contributed by atoms with Crippen molar-refractivity contribution in [2.75, 3.05) is 0 Å². The van der Waals surface area contributed by atoms with E-state index < -0.39 is 22.0 Å². The molecule has 1 unspecified atom stereocenters. The fraction of sp³-hybridized carbons (Fsp3) is 0.300. The van der Waals surface area contributed by atoms with Crippen molar-refractivity contribution in [2.45, 2.75) is 24.3 Å². The molecule has 1 aromatic carbocycles. The minimum atomic E-state index is -3.70.